The summed E-state index contributed by atoms with van der Waals surface area (Å²) < 4.78 is 5.09. The van der Waals surface area contributed by atoms with Crippen LogP contribution in [0.25, 0.3) is 6.08 Å². The Kier molecular flexibility index (Phi) is 6.39. The molecule has 0 fully saturated rings. The monoisotopic (exact) mass is 370 g/mol. The minimum absolute atomic E-state index is 0.0952. The van der Waals surface area contributed by atoms with E-state index in [2.05, 4.69) is 20.8 Å². The first kappa shape index (κ1) is 20.2. The molecule has 1 unspecified atom stereocenters. The van der Waals surface area contributed by atoms with Crippen molar-refractivity contribution in [2.75, 3.05) is 12.4 Å². The lowest BCUT2D eigenvalue weighted by atomic mass is 9.92. The molecular weight excluding hydrogens is 344 g/mol. The number of amides is 2. The molecule has 1 aromatic carbocycles. The molecule has 0 bridgehead atoms. The van der Waals surface area contributed by atoms with E-state index in [1.54, 1.807) is 26.2 Å². The van der Waals surface area contributed by atoms with Gasteiger partial charge in [-0.1, -0.05) is 32.9 Å². The van der Waals surface area contributed by atoms with Gasteiger partial charge in [0.05, 0.1) is 7.11 Å². The lowest BCUT2D eigenvalue weighted by Gasteiger charge is -2.14. The average molecular weight is 370 g/mol. The van der Waals surface area contributed by atoms with Gasteiger partial charge in [-0.05, 0) is 30.7 Å². The number of nitrogens with zero attached hydrogens (tertiary/aromatic N) is 1. The highest BCUT2D eigenvalue weighted by atomic mass is 16.5. The van der Waals surface area contributed by atoms with E-state index >= 15 is 0 Å². The molecule has 0 aliphatic heterocycles. The molecule has 1 atom stereocenters. The summed E-state index contributed by atoms with van der Waals surface area (Å²) in [5.41, 5.74) is 1.67. The van der Waals surface area contributed by atoms with Gasteiger partial charge in [-0.2, -0.15) is 5.10 Å². The first-order valence-corrected chi connectivity index (χ1v) is 8.68. The van der Waals surface area contributed by atoms with Crippen molar-refractivity contribution in [2.24, 2.45) is 0 Å². The molecule has 7 nitrogen and oxygen atoms in total. The summed E-state index contributed by atoms with van der Waals surface area (Å²) in [5, 5.41) is 12.3. The maximum atomic E-state index is 12.2. The van der Waals surface area contributed by atoms with E-state index in [0.717, 1.165) is 17.0 Å². The third kappa shape index (κ3) is 5.99. The highest BCUT2D eigenvalue weighted by Gasteiger charge is 2.19. The van der Waals surface area contributed by atoms with Crippen molar-refractivity contribution in [1.82, 2.24) is 15.5 Å². The zero-order valence-electron chi connectivity index (χ0n) is 16.3. The van der Waals surface area contributed by atoms with E-state index in [1.165, 1.54) is 6.08 Å². The number of methoxy groups -OCH3 is 1. The largest absolute Gasteiger partial charge is 0.497 e. The first-order chi connectivity index (χ1) is 12.7. The third-order valence-electron chi connectivity index (χ3n) is 3.93. The molecule has 27 heavy (non-hydrogen) atoms. The lowest BCUT2D eigenvalue weighted by Crippen LogP contribution is -2.40. The van der Waals surface area contributed by atoms with Crippen molar-refractivity contribution in [2.45, 2.75) is 39.2 Å². The van der Waals surface area contributed by atoms with E-state index in [9.17, 15) is 9.59 Å². The van der Waals surface area contributed by atoms with E-state index in [-0.39, 0.29) is 17.2 Å². The number of hydrogen-bond acceptors (Lipinski definition) is 4. The first-order valence-electron chi connectivity index (χ1n) is 8.68. The molecule has 2 amide bonds. The molecule has 7 heteroatoms. The molecule has 144 valence electrons. The minimum Gasteiger partial charge on any atom is -0.497 e. The van der Waals surface area contributed by atoms with Crippen molar-refractivity contribution in [3.8, 4) is 5.75 Å². The van der Waals surface area contributed by atoms with Gasteiger partial charge in [-0.3, -0.25) is 14.7 Å². The fourth-order valence-electron chi connectivity index (χ4n) is 2.22. The molecule has 0 saturated carbocycles. The number of carbonyl (C=O) groups excluding carboxylic acids is 2. The van der Waals surface area contributed by atoms with Gasteiger partial charge in [0, 0.05) is 23.3 Å². The molecule has 0 aliphatic carbocycles. The Morgan fingerprint density at radius 1 is 1.22 bits per heavy atom. The van der Waals surface area contributed by atoms with Crippen LogP contribution in [-0.2, 0) is 15.0 Å². The average Bonchev–Trinajstić information content (AvgIpc) is 3.09. The van der Waals surface area contributed by atoms with Crippen LogP contribution >= 0.6 is 0 Å². The molecule has 2 rings (SSSR count). The number of anilines is 1. The fraction of sp³-hybridized carbons (Fsp3) is 0.350. The summed E-state index contributed by atoms with van der Waals surface area (Å²) in [7, 11) is 1.59. The van der Waals surface area contributed by atoms with Crippen LogP contribution in [0.4, 0.5) is 5.82 Å². The van der Waals surface area contributed by atoms with Gasteiger partial charge in [0.2, 0.25) is 11.8 Å². The molecular formula is C20H26N4O3. The number of hydrogen-bond donors (Lipinski definition) is 3. The molecule has 1 heterocycles. The maximum Gasteiger partial charge on any atom is 0.247 e. The van der Waals surface area contributed by atoms with Crippen molar-refractivity contribution in [3.63, 3.8) is 0 Å². The molecule has 2 aromatic rings. The number of H-pyrrole nitrogens is 1. The summed E-state index contributed by atoms with van der Waals surface area (Å²) in [6.45, 7) is 7.75. The summed E-state index contributed by atoms with van der Waals surface area (Å²) in [5.74, 6) is 0.480. The fourth-order valence-corrected chi connectivity index (χ4v) is 2.22. The van der Waals surface area contributed by atoms with E-state index in [0.29, 0.717) is 5.82 Å². The van der Waals surface area contributed by atoms with Crippen LogP contribution in [0.2, 0.25) is 0 Å². The number of aromatic nitrogens is 2. The van der Waals surface area contributed by atoms with Crippen molar-refractivity contribution in [1.29, 1.82) is 0 Å². The van der Waals surface area contributed by atoms with Crippen LogP contribution < -0.4 is 15.4 Å². The summed E-state index contributed by atoms with van der Waals surface area (Å²) >= 11 is 0. The van der Waals surface area contributed by atoms with Gasteiger partial charge >= 0.3 is 0 Å². The zero-order chi connectivity index (χ0) is 20.0. The normalized spacial score (nSPS) is 12.6. The quantitative estimate of drug-likeness (QED) is 0.681. The zero-order valence-corrected chi connectivity index (χ0v) is 16.3. The minimum atomic E-state index is -0.701. The Bertz CT molecular complexity index is 816. The second-order valence-electron chi connectivity index (χ2n) is 7.24. The third-order valence-corrected chi connectivity index (χ3v) is 3.93. The van der Waals surface area contributed by atoms with Crippen LogP contribution in [0.15, 0.2) is 36.4 Å². The topological polar surface area (TPSA) is 96.1 Å². The van der Waals surface area contributed by atoms with Crippen LogP contribution in [0, 0.1) is 0 Å². The summed E-state index contributed by atoms with van der Waals surface area (Å²) in [6.07, 6.45) is 3.06. The van der Waals surface area contributed by atoms with Gasteiger partial charge in [-0.15, -0.1) is 0 Å². The van der Waals surface area contributed by atoms with Gasteiger partial charge in [-0.25, -0.2) is 0 Å². The Balaban J connectivity index is 1.88. The number of aromatic amines is 1. The molecule has 0 saturated heterocycles. The SMILES string of the molecule is COc1ccc(C=CC(=O)NC(C)C(=O)Nc2cc(C(C)(C)C)[nH]n2)cc1. The molecule has 0 aliphatic rings. The highest BCUT2D eigenvalue weighted by molar-refractivity contribution is 5.99. The summed E-state index contributed by atoms with van der Waals surface area (Å²) in [4.78, 5) is 24.3. The lowest BCUT2D eigenvalue weighted by molar-refractivity contribution is -0.123. The second-order valence-corrected chi connectivity index (χ2v) is 7.24. The molecule has 3 N–H and O–H groups in total. The van der Waals surface area contributed by atoms with E-state index < -0.39 is 6.04 Å². The number of rotatable bonds is 6. The maximum absolute atomic E-state index is 12.2. The predicted molar refractivity (Wildman–Crippen MR) is 106 cm³/mol. The van der Waals surface area contributed by atoms with Crippen molar-refractivity contribution >= 4 is 23.7 Å². The predicted octanol–water partition coefficient (Wildman–Crippen LogP) is 2.87. The smallest absolute Gasteiger partial charge is 0.247 e. The summed E-state index contributed by atoms with van der Waals surface area (Å²) in [6, 6.07) is 8.38. The Labute approximate surface area is 159 Å². The van der Waals surface area contributed by atoms with E-state index in [1.807, 2.05) is 45.0 Å². The van der Waals surface area contributed by atoms with E-state index in [4.69, 9.17) is 4.74 Å². The van der Waals surface area contributed by atoms with Crippen LogP contribution in [0.5, 0.6) is 5.75 Å². The van der Waals surface area contributed by atoms with Gasteiger partial charge in [0.25, 0.3) is 0 Å². The second kappa shape index (κ2) is 8.53. The van der Waals surface area contributed by atoms with Crippen molar-refractivity contribution in [3.05, 3.63) is 47.7 Å². The number of nitrogens with one attached hydrogen (secondary N) is 3. The number of ether oxygens (including phenoxy) is 1. The Morgan fingerprint density at radius 2 is 1.89 bits per heavy atom. The Morgan fingerprint density at radius 3 is 2.44 bits per heavy atom. The molecule has 0 radical (unpaired) electrons. The Hall–Kier alpha value is -3.09. The van der Waals surface area contributed by atoms with Gasteiger partial charge in [0.15, 0.2) is 5.82 Å². The standard InChI is InChI=1S/C20H26N4O3/c1-13(19(26)22-17-12-16(23-24-17)20(2,3)4)21-18(25)11-8-14-6-9-15(27-5)10-7-14/h6-13H,1-5H3,(H,21,25)(H2,22,23,24,26). The number of benzene rings is 1. The molecule has 1 aromatic heterocycles. The number of carbonyl (C=O) groups is 2. The van der Waals surface area contributed by atoms with Gasteiger partial charge in [0.1, 0.15) is 11.8 Å². The molecule has 0 spiro atoms. The van der Waals surface area contributed by atoms with Gasteiger partial charge < -0.3 is 15.4 Å². The highest BCUT2D eigenvalue weighted by Crippen LogP contribution is 2.21. The van der Waals surface area contributed by atoms with Crippen LogP contribution in [0.1, 0.15) is 39.0 Å². The van der Waals surface area contributed by atoms with Crippen molar-refractivity contribution < 1.29 is 14.3 Å². The van der Waals surface area contributed by atoms with Crippen LogP contribution in [-0.4, -0.2) is 35.2 Å². The van der Waals surface area contributed by atoms with Crippen LogP contribution in [0.3, 0.4) is 0 Å².